The third-order valence-corrected chi connectivity index (χ3v) is 4.65. The lowest BCUT2D eigenvalue weighted by Crippen LogP contribution is -2.49. The minimum absolute atomic E-state index is 0.0184. The molecule has 1 aliphatic rings. The Morgan fingerprint density at radius 3 is 2.55 bits per heavy atom. The average Bonchev–Trinajstić information content (AvgIpc) is 2.50. The van der Waals surface area contributed by atoms with Gasteiger partial charge in [0.15, 0.2) is 0 Å². The van der Waals surface area contributed by atoms with Crippen molar-refractivity contribution in [2.75, 3.05) is 14.2 Å². The van der Waals surface area contributed by atoms with E-state index in [0.29, 0.717) is 0 Å². The molecule has 112 valence electrons. The number of rotatable bonds is 5. The molecule has 1 unspecified atom stereocenters. The molecule has 1 aliphatic carbocycles. The first kappa shape index (κ1) is 15.3. The van der Waals surface area contributed by atoms with Crippen LogP contribution in [0.3, 0.4) is 0 Å². The Balaban J connectivity index is 2.29. The van der Waals surface area contributed by atoms with Gasteiger partial charge >= 0.3 is 0 Å². The van der Waals surface area contributed by atoms with Crippen LogP contribution in [0.15, 0.2) is 24.3 Å². The molecule has 1 fully saturated rings. The minimum atomic E-state index is -0.229. The van der Waals surface area contributed by atoms with Gasteiger partial charge < -0.3 is 9.47 Å². The first-order valence-electron chi connectivity index (χ1n) is 7.30. The van der Waals surface area contributed by atoms with Crippen LogP contribution in [0.1, 0.15) is 44.2 Å². The van der Waals surface area contributed by atoms with Crippen LogP contribution in [-0.4, -0.2) is 19.8 Å². The molecule has 2 rings (SSSR count). The summed E-state index contributed by atoms with van der Waals surface area (Å²) in [7, 11) is 3.47. The zero-order valence-electron chi connectivity index (χ0n) is 12.7. The van der Waals surface area contributed by atoms with Gasteiger partial charge in [0.05, 0.1) is 18.8 Å². The van der Waals surface area contributed by atoms with E-state index in [4.69, 9.17) is 15.3 Å². The maximum absolute atomic E-state index is 5.92. The fourth-order valence-electron chi connectivity index (χ4n) is 3.23. The van der Waals surface area contributed by atoms with Gasteiger partial charge in [-0.2, -0.15) is 0 Å². The molecule has 20 heavy (non-hydrogen) atoms. The molecule has 1 aromatic rings. The fourth-order valence-corrected chi connectivity index (χ4v) is 3.23. The van der Waals surface area contributed by atoms with Crippen LogP contribution < -0.4 is 16.0 Å². The number of nitrogens with two attached hydrogens (primary N) is 1. The standard InChI is InChI=1S/C16H26N2O2/c1-12-7-9-16(20-3,10-8-12)15(18-17)13-5-4-6-14(11-13)19-2/h4-6,11-12,15,18H,7-10,17H2,1-3H3. The van der Waals surface area contributed by atoms with E-state index in [-0.39, 0.29) is 11.6 Å². The lowest BCUT2D eigenvalue weighted by atomic mass is 9.73. The first-order chi connectivity index (χ1) is 9.65. The number of benzene rings is 1. The second-order valence-electron chi connectivity index (χ2n) is 5.83. The molecule has 3 N–H and O–H groups in total. The molecule has 4 nitrogen and oxygen atoms in total. The number of hydrogen-bond acceptors (Lipinski definition) is 4. The molecule has 0 radical (unpaired) electrons. The zero-order valence-corrected chi connectivity index (χ0v) is 12.7. The van der Waals surface area contributed by atoms with Gasteiger partial charge in [-0.25, -0.2) is 0 Å². The van der Waals surface area contributed by atoms with Crippen molar-refractivity contribution in [3.63, 3.8) is 0 Å². The summed E-state index contributed by atoms with van der Waals surface area (Å²) in [5.74, 6) is 7.46. The van der Waals surface area contributed by atoms with Crippen LogP contribution in [0.4, 0.5) is 0 Å². The Morgan fingerprint density at radius 2 is 2.00 bits per heavy atom. The van der Waals surface area contributed by atoms with Crippen molar-refractivity contribution in [1.82, 2.24) is 5.43 Å². The van der Waals surface area contributed by atoms with Crippen molar-refractivity contribution in [1.29, 1.82) is 0 Å². The molecule has 0 amide bonds. The summed E-state index contributed by atoms with van der Waals surface area (Å²) in [4.78, 5) is 0. The van der Waals surface area contributed by atoms with Crippen LogP contribution >= 0.6 is 0 Å². The number of ether oxygens (including phenoxy) is 2. The topological polar surface area (TPSA) is 56.5 Å². The van der Waals surface area contributed by atoms with Gasteiger partial charge in [0.1, 0.15) is 5.75 Å². The predicted octanol–water partition coefficient (Wildman–Crippen LogP) is 2.79. The summed E-state index contributed by atoms with van der Waals surface area (Å²) >= 11 is 0. The summed E-state index contributed by atoms with van der Waals surface area (Å²) in [6.45, 7) is 2.30. The highest BCUT2D eigenvalue weighted by Gasteiger charge is 2.42. The molecular weight excluding hydrogens is 252 g/mol. The number of methoxy groups -OCH3 is 2. The summed E-state index contributed by atoms with van der Waals surface area (Å²) in [6.07, 6.45) is 4.40. The molecule has 0 aliphatic heterocycles. The van der Waals surface area contributed by atoms with E-state index in [0.717, 1.165) is 30.1 Å². The highest BCUT2D eigenvalue weighted by Crippen LogP contribution is 2.42. The summed E-state index contributed by atoms with van der Waals surface area (Å²) < 4.78 is 11.2. The van der Waals surface area contributed by atoms with Crippen LogP contribution in [0.2, 0.25) is 0 Å². The highest BCUT2D eigenvalue weighted by molar-refractivity contribution is 5.32. The average molecular weight is 278 g/mol. The van der Waals surface area contributed by atoms with E-state index in [1.165, 1.54) is 12.8 Å². The Hall–Kier alpha value is -1.10. The Labute approximate surface area is 121 Å². The van der Waals surface area contributed by atoms with Gasteiger partial charge in [0, 0.05) is 7.11 Å². The first-order valence-corrected chi connectivity index (χ1v) is 7.30. The zero-order chi connectivity index (χ0) is 14.6. The van der Waals surface area contributed by atoms with Crippen LogP contribution in [0.25, 0.3) is 0 Å². The van der Waals surface area contributed by atoms with Crippen molar-refractivity contribution in [2.45, 2.75) is 44.2 Å². The number of hydrazine groups is 1. The molecule has 0 saturated heterocycles. The second kappa shape index (κ2) is 6.57. The normalized spacial score (nSPS) is 28.1. The van der Waals surface area contributed by atoms with Gasteiger partial charge in [0.2, 0.25) is 0 Å². The van der Waals surface area contributed by atoms with Gasteiger partial charge in [-0.3, -0.25) is 11.3 Å². The summed E-state index contributed by atoms with van der Waals surface area (Å²) in [5.41, 5.74) is 3.85. The quantitative estimate of drug-likeness (QED) is 0.642. The lowest BCUT2D eigenvalue weighted by Gasteiger charge is -2.44. The van der Waals surface area contributed by atoms with E-state index in [1.807, 2.05) is 18.2 Å². The molecule has 1 aromatic carbocycles. The number of nitrogens with one attached hydrogen (secondary N) is 1. The van der Waals surface area contributed by atoms with E-state index in [9.17, 15) is 0 Å². The minimum Gasteiger partial charge on any atom is -0.497 e. The summed E-state index contributed by atoms with van der Waals surface area (Å²) in [6, 6.07) is 8.03. The van der Waals surface area contributed by atoms with Crippen LogP contribution in [0.5, 0.6) is 5.75 Å². The van der Waals surface area contributed by atoms with Crippen molar-refractivity contribution in [3.8, 4) is 5.75 Å². The maximum atomic E-state index is 5.92. The molecule has 0 spiro atoms. The number of hydrogen-bond donors (Lipinski definition) is 2. The van der Waals surface area contributed by atoms with Crippen molar-refractivity contribution in [3.05, 3.63) is 29.8 Å². The second-order valence-corrected chi connectivity index (χ2v) is 5.83. The van der Waals surface area contributed by atoms with Crippen molar-refractivity contribution in [2.24, 2.45) is 11.8 Å². The smallest absolute Gasteiger partial charge is 0.119 e. The largest absolute Gasteiger partial charge is 0.497 e. The van der Waals surface area contributed by atoms with Gasteiger partial charge in [-0.15, -0.1) is 0 Å². The summed E-state index contributed by atoms with van der Waals surface area (Å²) in [5, 5.41) is 0. The Morgan fingerprint density at radius 1 is 1.30 bits per heavy atom. The van der Waals surface area contributed by atoms with E-state index in [1.54, 1.807) is 14.2 Å². The SMILES string of the molecule is COc1cccc(C(NN)C2(OC)CCC(C)CC2)c1. The molecule has 4 heteroatoms. The third-order valence-electron chi connectivity index (χ3n) is 4.65. The van der Waals surface area contributed by atoms with Crippen LogP contribution in [0, 0.1) is 5.92 Å². The molecule has 0 aromatic heterocycles. The van der Waals surface area contributed by atoms with Gasteiger partial charge in [0.25, 0.3) is 0 Å². The molecule has 1 saturated carbocycles. The lowest BCUT2D eigenvalue weighted by molar-refractivity contribution is -0.0761. The monoisotopic (exact) mass is 278 g/mol. The predicted molar refractivity (Wildman–Crippen MR) is 80.4 cm³/mol. The van der Waals surface area contributed by atoms with Crippen molar-refractivity contribution < 1.29 is 9.47 Å². The van der Waals surface area contributed by atoms with E-state index >= 15 is 0 Å². The Bertz CT molecular complexity index is 428. The van der Waals surface area contributed by atoms with E-state index < -0.39 is 0 Å². The third kappa shape index (κ3) is 2.97. The van der Waals surface area contributed by atoms with Crippen LogP contribution in [-0.2, 0) is 4.74 Å². The highest BCUT2D eigenvalue weighted by atomic mass is 16.5. The molecule has 1 atom stereocenters. The van der Waals surface area contributed by atoms with E-state index in [2.05, 4.69) is 18.4 Å². The maximum Gasteiger partial charge on any atom is 0.119 e. The van der Waals surface area contributed by atoms with Crippen molar-refractivity contribution >= 4 is 0 Å². The fraction of sp³-hybridized carbons (Fsp3) is 0.625. The van der Waals surface area contributed by atoms with Gasteiger partial charge in [-0.05, 0) is 49.3 Å². The molecular formula is C16H26N2O2. The molecule has 0 bridgehead atoms. The Kier molecular flexibility index (Phi) is 5.02. The van der Waals surface area contributed by atoms with Gasteiger partial charge in [-0.1, -0.05) is 19.1 Å². The molecule has 0 heterocycles.